The highest BCUT2D eigenvalue weighted by Crippen LogP contribution is 2.34. The summed E-state index contributed by atoms with van der Waals surface area (Å²) < 4.78 is 10.6. The molecule has 1 fully saturated rings. The fourth-order valence-corrected chi connectivity index (χ4v) is 5.84. The Kier molecular flexibility index (Phi) is 9.08. The van der Waals surface area contributed by atoms with Crippen LogP contribution in [0.25, 0.3) is 6.08 Å². The predicted molar refractivity (Wildman–Crippen MR) is 166 cm³/mol. The van der Waals surface area contributed by atoms with Gasteiger partial charge in [0.25, 0.3) is 0 Å². The zero-order chi connectivity index (χ0) is 30.6. The number of aliphatic imine (C=N–C) groups is 2. The van der Waals surface area contributed by atoms with Crippen molar-refractivity contribution in [3.63, 3.8) is 0 Å². The summed E-state index contributed by atoms with van der Waals surface area (Å²) in [5.74, 6) is -1.09. The molecule has 5 rings (SSSR count). The van der Waals surface area contributed by atoms with Gasteiger partial charge in [0.15, 0.2) is 0 Å². The number of cyclic esters (lactones) is 1. The summed E-state index contributed by atoms with van der Waals surface area (Å²) in [7, 11) is 1.32. The number of carbonyl (C=O) groups excluding carboxylic acids is 3. The number of allylic oxidation sites excluding steroid dienone is 1. The molecule has 1 N–H and O–H groups in total. The lowest BCUT2D eigenvalue weighted by molar-refractivity contribution is -0.152. The molecule has 0 aliphatic carbocycles. The summed E-state index contributed by atoms with van der Waals surface area (Å²) in [6.45, 7) is 6.12. The number of hydrogen-bond acceptors (Lipinski definition) is 7. The summed E-state index contributed by atoms with van der Waals surface area (Å²) in [6, 6.07) is 16.4. The van der Waals surface area contributed by atoms with Gasteiger partial charge in [-0.1, -0.05) is 81.5 Å². The Morgan fingerprint density at radius 1 is 1.00 bits per heavy atom. The maximum absolute atomic E-state index is 14.1. The third-order valence-electron chi connectivity index (χ3n) is 8.15. The Labute approximate surface area is 253 Å². The highest BCUT2D eigenvalue weighted by Gasteiger charge is 2.48. The number of carbonyl (C=O) groups is 3. The molecule has 2 aromatic rings. The number of amides is 2. The maximum atomic E-state index is 14.1. The summed E-state index contributed by atoms with van der Waals surface area (Å²) in [5.41, 5.74) is 3.90. The van der Waals surface area contributed by atoms with Crippen molar-refractivity contribution in [3.05, 3.63) is 77.4 Å². The van der Waals surface area contributed by atoms with Gasteiger partial charge < -0.3 is 19.7 Å². The van der Waals surface area contributed by atoms with Crippen LogP contribution in [0.1, 0.15) is 63.1 Å². The Morgan fingerprint density at radius 3 is 2.44 bits per heavy atom. The van der Waals surface area contributed by atoms with Crippen LogP contribution in [0.2, 0.25) is 0 Å². The second kappa shape index (κ2) is 12.9. The van der Waals surface area contributed by atoms with Crippen molar-refractivity contribution >= 4 is 35.5 Å². The van der Waals surface area contributed by atoms with Gasteiger partial charge in [0.2, 0.25) is 5.91 Å². The van der Waals surface area contributed by atoms with E-state index in [-0.39, 0.29) is 25.0 Å². The Balaban J connectivity index is 1.56. The first-order valence-electron chi connectivity index (χ1n) is 15.0. The number of nitrogens with one attached hydrogen (secondary N) is 1. The van der Waals surface area contributed by atoms with Gasteiger partial charge in [0.1, 0.15) is 18.2 Å². The number of methoxy groups -OCH3 is 1. The van der Waals surface area contributed by atoms with E-state index in [1.807, 2.05) is 63.2 Å². The van der Waals surface area contributed by atoms with Crippen LogP contribution in [-0.2, 0) is 19.1 Å². The van der Waals surface area contributed by atoms with Crippen LogP contribution in [-0.4, -0.2) is 72.8 Å². The van der Waals surface area contributed by atoms with E-state index in [1.54, 1.807) is 0 Å². The van der Waals surface area contributed by atoms with E-state index in [0.29, 0.717) is 12.8 Å². The van der Waals surface area contributed by atoms with Gasteiger partial charge in [-0.05, 0) is 42.7 Å². The van der Waals surface area contributed by atoms with Gasteiger partial charge >= 0.3 is 12.1 Å². The number of nitrogens with zero attached hydrogens (tertiary/aromatic N) is 3. The van der Waals surface area contributed by atoms with Gasteiger partial charge in [-0.25, -0.2) is 9.59 Å². The minimum absolute atomic E-state index is 0.231. The second-order valence-electron chi connectivity index (χ2n) is 12.4. The normalized spacial score (nSPS) is 25.6. The zero-order valence-electron chi connectivity index (χ0n) is 25.3. The van der Waals surface area contributed by atoms with E-state index in [2.05, 4.69) is 29.6 Å². The van der Waals surface area contributed by atoms with E-state index in [9.17, 15) is 14.4 Å². The molecule has 3 heterocycles. The molecule has 4 atom stereocenters. The molecule has 1 saturated heterocycles. The molecule has 6 bridgehead atoms. The van der Waals surface area contributed by atoms with Gasteiger partial charge in [-0.3, -0.25) is 14.8 Å². The molecule has 1 unspecified atom stereocenters. The van der Waals surface area contributed by atoms with Crippen molar-refractivity contribution in [2.45, 2.75) is 64.7 Å². The summed E-state index contributed by atoms with van der Waals surface area (Å²) in [5, 5.41) is 2.78. The van der Waals surface area contributed by atoms with E-state index >= 15 is 0 Å². The lowest BCUT2D eigenvalue weighted by Gasteiger charge is -2.34. The molecule has 226 valence electrons. The summed E-state index contributed by atoms with van der Waals surface area (Å²) in [6.07, 6.45) is 5.79. The minimum Gasteiger partial charge on any atom is -0.467 e. The van der Waals surface area contributed by atoms with E-state index in [0.717, 1.165) is 41.0 Å². The quantitative estimate of drug-likeness (QED) is 0.498. The predicted octanol–water partition coefficient (Wildman–Crippen LogP) is 5.03. The highest BCUT2D eigenvalue weighted by molar-refractivity contribution is 6.54. The average molecular weight is 585 g/mol. The molecule has 43 heavy (non-hydrogen) atoms. The number of esters is 1. The summed E-state index contributed by atoms with van der Waals surface area (Å²) in [4.78, 5) is 51.6. The number of hydrogen-bond donors (Lipinski definition) is 1. The van der Waals surface area contributed by atoms with Crippen LogP contribution >= 0.6 is 0 Å². The van der Waals surface area contributed by atoms with Crippen LogP contribution < -0.4 is 5.32 Å². The Hall–Kier alpha value is -4.27. The lowest BCUT2D eigenvalue weighted by Crippen LogP contribution is -2.57. The van der Waals surface area contributed by atoms with Crippen molar-refractivity contribution in [1.29, 1.82) is 0 Å². The monoisotopic (exact) mass is 584 g/mol. The highest BCUT2D eigenvalue weighted by atomic mass is 16.5. The molecule has 9 heteroatoms. The molecule has 2 aromatic carbocycles. The third kappa shape index (κ3) is 6.87. The molecular weight excluding hydrogens is 544 g/mol. The van der Waals surface area contributed by atoms with Crippen LogP contribution in [0.4, 0.5) is 4.79 Å². The van der Waals surface area contributed by atoms with Crippen LogP contribution in [0, 0.1) is 11.3 Å². The third-order valence-corrected chi connectivity index (χ3v) is 8.15. The van der Waals surface area contributed by atoms with Gasteiger partial charge in [-0.2, -0.15) is 0 Å². The van der Waals surface area contributed by atoms with Crippen molar-refractivity contribution in [2.75, 3.05) is 20.3 Å². The average Bonchev–Trinajstić information content (AvgIpc) is 3.64. The summed E-state index contributed by atoms with van der Waals surface area (Å²) >= 11 is 0. The molecular formula is C34H40N4O5. The lowest BCUT2D eigenvalue weighted by atomic mass is 9.85. The fourth-order valence-electron chi connectivity index (χ4n) is 5.84. The van der Waals surface area contributed by atoms with Crippen LogP contribution in [0.3, 0.4) is 0 Å². The van der Waals surface area contributed by atoms with E-state index in [1.165, 1.54) is 12.0 Å². The molecule has 3 aliphatic heterocycles. The van der Waals surface area contributed by atoms with Crippen molar-refractivity contribution in [1.82, 2.24) is 10.2 Å². The molecule has 0 aromatic heterocycles. The fraction of sp³-hybridized carbons (Fsp3) is 0.441. The molecule has 0 saturated carbocycles. The van der Waals surface area contributed by atoms with Gasteiger partial charge in [-0.15, -0.1) is 0 Å². The topological polar surface area (TPSA) is 110 Å². The molecule has 2 amide bonds. The van der Waals surface area contributed by atoms with Gasteiger partial charge in [0.05, 0.1) is 25.1 Å². The van der Waals surface area contributed by atoms with Gasteiger partial charge in [0, 0.05) is 23.6 Å². The van der Waals surface area contributed by atoms with Crippen molar-refractivity contribution in [2.24, 2.45) is 21.3 Å². The SMILES string of the molecule is COC(=O)[C@@H]1C[C@@H]2CN1C(=O)[C@H](C(C)(C)C)NC(=O)OCCCC/C=C/c1cccc(c1)C1=NC2N=C1c1ccccc1. The standard InChI is InChI=1S/C34H40N4O5/c1-34(2,3)29-31(39)38-21-25(20-26(38)32(40)42-4)30-35-27(23-15-9-7-10-16-23)28(36-30)24-17-12-14-22(19-24)13-8-5-6-11-18-43-33(41)37-29/h7-10,12-17,19,25-26,29-30H,5-6,11,18,20-21H2,1-4H3,(H,37,41)/b13-8+/t25-,26+,29-,30?/m1/s1. The Morgan fingerprint density at radius 2 is 1.72 bits per heavy atom. The second-order valence-corrected chi connectivity index (χ2v) is 12.4. The number of ether oxygens (including phenoxy) is 2. The van der Waals surface area contributed by atoms with E-state index < -0.39 is 35.7 Å². The number of rotatable bonds is 2. The smallest absolute Gasteiger partial charge is 0.407 e. The first-order chi connectivity index (χ1) is 20.7. The molecule has 9 nitrogen and oxygen atoms in total. The largest absolute Gasteiger partial charge is 0.467 e. The Bertz CT molecular complexity index is 1440. The first kappa shape index (κ1) is 30.2. The minimum atomic E-state index is -0.909. The van der Waals surface area contributed by atoms with E-state index in [4.69, 9.17) is 19.5 Å². The first-order valence-corrected chi connectivity index (χ1v) is 15.0. The van der Waals surface area contributed by atoms with Crippen LogP contribution in [0.15, 0.2) is 70.7 Å². The van der Waals surface area contributed by atoms with Crippen molar-refractivity contribution in [3.8, 4) is 0 Å². The number of fused-ring (bicyclic) bond motifs is 7. The van der Waals surface area contributed by atoms with Crippen LogP contribution in [0.5, 0.6) is 0 Å². The molecule has 3 aliphatic rings. The number of alkyl carbamates (subject to hydrolysis) is 1. The molecule has 0 spiro atoms. The number of benzene rings is 2. The van der Waals surface area contributed by atoms with Crippen molar-refractivity contribution < 1.29 is 23.9 Å². The maximum Gasteiger partial charge on any atom is 0.407 e. The molecule has 0 radical (unpaired) electrons. The zero-order valence-corrected chi connectivity index (χ0v) is 25.3.